The van der Waals surface area contributed by atoms with Gasteiger partial charge >= 0.3 is 0 Å². The Balaban J connectivity index is 1.38. The van der Waals surface area contributed by atoms with E-state index in [2.05, 4.69) is 27.2 Å². The number of amidine groups is 1. The molecule has 1 amide bonds. The van der Waals surface area contributed by atoms with Crippen molar-refractivity contribution in [1.82, 2.24) is 9.80 Å². The first-order valence-corrected chi connectivity index (χ1v) is 10.1. The molecule has 128 valence electrons. The second kappa shape index (κ2) is 7.41. The molecule has 0 aliphatic carbocycles. The second-order valence-electron chi connectivity index (χ2n) is 5.84. The molecule has 1 saturated heterocycles. The standard InChI is InChI=1S/C18H18N4OS2/c23-17(16-7-4-12-24-16)21-8-10-22(11-9-21)18-20-19-15(13-25-18)14-5-2-1-3-6-14/h1-7,12H,8-11,13H2. The van der Waals surface area contributed by atoms with Gasteiger partial charge in [-0.25, -0.2) is 0 Å². The van der Waals surface area contributed by atoms with E-state index < -0.39 is 0 Å². The number of thiophene rings is 1. The molecular weight excluding hydrogens is 352 g/mol. The van der Waals surface area contributed by atoms with Crippen molar-refractivity contribution in [2.24, 2.45) is 10.2 Å². The quantitative estimate of drug-likeness (QED) is 0.816. The fraction of sp³-hybridized carbons (Fsp3) is 0.278. The van der Waals surface area contributed by atoms with Crippen molar-refractivity contribution >= 4 is 39.9 Å². The third-order valence-corrected chi connectivity index (χ3v) is 6.14. The molecule has 3 heterocycles. The molecule has 25 heavy (non-hydrogen) atoms. The lowest BCUT2D eigenvalue weighted by atomic mass is 10.1. The topological polar surface area (TPSA) is 48.3 Å². The van der Waals surface area contributed by atoms with Crippen LogP contribution in [0.4, 0.5) is 0 Å². The van der Waals surface area contributed by atoms with Gasteiger partial charge in [-0.15, -0.1) is 16.4 Å². The van der Waals surface area contributed by atoms with Gasteiger partial charge in [-0.05, 0) is 17.0 Å². The van der Waals surface area contributed by atoms with Crippen LogP contribution in [0.1, 0.15) is 15.2 Å². The lowest BCUT2D eigenvalue weighted by Gasteiger charge is -2.36. The summed E-state index contributed by atoms with van der Waals surface area (Å²) in [5.74, 6) is 0.967. The summed E-state index contributed by atoms with van der Waals surface area (Å²) >= 11 is 3.23. The summed E-state index contributed by atoms with van der Waals surface area (Å²) in [6.07, 6.45) is 0. The number of hydrogen-bond donors (Lipinski definition) is 0. The van der Waals surface area contributed by atoms with E-state index in [1.54, 1.807) is 11.8 Å². The minimum Gasteiger partial charge on any atom is -0.346 e. The predicted octanol–water partition coefficient (Wildman–Crippen LogP) is 3.01. The molecule has 0 atom stereocenters. The van der Waals surface area contributed by atoms with Crippen molar-refractivity contribution in [1.29, 1.82) is 0 Å². The van der Waals surface area contributed by atoms with Crippen LogP contribution in [-0.4, -0.2) is 58.5 Å². The third kappa shape index (κ3) is 3.62. The molecule has 0 unspecified atom stereocenters. The lowest BCUT2D eigenvalue weighted by Crippen LogP contribution is -2.50. The summed E-state index contributed by atoms with van der Waals surface area (Å²) in [6, 6.07) is 14.0. The van der Waals surface area contributed by atoms with Gasteiger partial charge in [0, 0.05) is 31.9 Å². The fourth-order valence-electron chi connectivity index (χ4n) is 2.88. The molecule has 0 radical (unpaired) electrons. The SMILES string of the molecule is O=C(c1cccs1)N1CCN(C2=NN=C(c3ccccc3)CS2)CC1. The van der Waals surface area contributed by atoms with E-state index in [-0.39, 0.29) is 5.91 Å². The maximum Gasteiger partial charge on any atom is 0.264 e. The summed E-state index contributed by atoms with van der Waals surface area (Å²) in [7, 11) is 0. The van der Waals surface area contributed by atoms with E-state index in [0.717, 1.165) is 53.3 Å². The number of carbonyl (C=O) groups is 1. The van der Waals surface area contributed by atoms with Gasteiger partial charge in [0.05, 0.1) is 10.6 Å². The highest BCUT2D eigenvalue weighted by Gasteiger charge is 2.26. The highest BCUT2D eigenvalue weighted by molar-refractivity contribution is 8.14. The summed E-state index contributed by atoms with van der Waals surface area (Å²) in [4.78, 5) is 17.4. The molecule has 0 spiro atoms. The Kier molecular flexibility index (Phi) is 4.85. The molecule has 1 fully saturated rings. The van der Waals surface area contributed by atoms with Crippen molar-refractivity contribution in [3.8, 4) is 0 Å². The lowest BCUT2D eigenvalue weighted by molar-refractivity contribution is 0.0698. The summed E-state index contributed by atoms with van der Waals surface area (Å²) in [5, 5.41) is 11.7. The van der Waals surface area contributed by atoms with Crippen molar-refractivity contribution in [3.63, 3.8) is 0 Å². The average molecular weight is 371 g/mol. The van der Waals surface area contributed by atoms with Crippen LogP contribution in [0.15, 0.2) is 58.0 Å². The van der Waals surface area contributed by atoms with Crippen LogP contribution in [0, 0.1) is 0 Å². The van der Waals surface area contributed by atoms with Crippen molar-refractivity contribution < 1.29 is 4.79 Å². The van der Waals surface area contributed by atoms with Crippen LogP contribution in [0.5, 0.6) is 0 Å². The molecular formula is C18H18N4OS2. The van der Waals surface area contributed by atoms with Crippen LogP contribution in [-0.2, 0) is 0 Å². The average Bonchev–Trinajstić information content (AvgIpc) is 3.23. The number of benzene rings is 1. The molecule has 0 saturated carbocycles. The zero-order chi connectivity index (χ0) is 17.1. The van der Waals surface area contributed by atoms with E-state index in [9.17, 15) is 4.79 Å². The smallest absolute Gasteiger partial charge is 0.264 e. The molecule has 2 aromatic rings. The van der Waals surface area contributed by atoms with Gasteiger partial charge in [-0.1, -0.05) is 48.2 Å². The Bertz CT molecular complexity index is 794. The van der Waals surface area contributed by atoms with Crippen molar-refractivity contribution in [2.45, 2.75) is 0 Å². The fourth-order valence-corrected chi connectivity index (χ4v) is 4.52. The zero-order valence-corrected chi connectivity index (χ0v) is 15.3. The van der Waals surface area contributed by atoms with Crippen LogP contribution >= 0.6 is 23.1 Å². The molecule has 2 aliphatic rings. The second-order valence-corrected chi connectivity index (χ2v) is 7.73. The molecule has 2 aliphatic heterocycles. The van der Waals surface area contributed by atoms with Crippen molar-refractivity contribution in [2.75, 3.05) is 31.9 Å². The highest BCUT2D eigenvalue weighted by Crippen LogP contribution is 2.20. The number of nitrogens with zero attached hydrogens (tertiary/aromatic N) is 4. The number of amides is 1. The first kappa shape index (κ1) is 16.4. The zero-order valence-electron chi connectivity index (χ0n) is 13.7. The molecule has 1 aromatic heterocycles. The Labute approximate surface area is 155 Å². The minimum atomic E-state index is 0.136. The van der Waals surface area contributed by atoms with Crippen LogP contribution in [0.2, 0.25) is 0 Å². The molecule has 0 N–H and O–H groups in total. The molecule has 7 heteroatoms. The highest BCUT2D eigenvalue weighted by atomic mass is 32.2. The molecule has 0 bridgehead atoms. The Hall–Kier alpha value is -2.12. The van der Waals surface area contributed by atoms with Gasteiger partial charge in [-0.3, -0.25) is 4.79 Å². The van der Waals surface area contributed by atoms with Gasteiger partial charge in [0.15, 0.2) is 5.17 Å². The summed E-state index contributed by atoms with van der Waals surface area (Å²) in [5.41, 5.74) is 2.14. The van der Waals surface area contributed by atoms with E-state index in [1.807, 2.05) is 40.6 Å². The number of piperazine rings is 1. The maximum atomic E-state index is 12.4. The number of thioether (sulfide) groups is 1. The van der Waals surface area contributed by atoms with Gasteiger partial charge in [0.25, 0.3) is 5.91 Å². The summed E-state index contributed by atoms with van der Waals surface area (Å²) in [6.45, 7) is 3.06. The Morgan fingerprint density at radius 3 is 2.40 bits per heavy atom. The van der Waals surface area contributed by atoms with Crippen LogP contribution in [0.25, 0.3) is 0 Å². The van der Waals surface area contributed by atoms with Crippen LogP contribution in [0.3, 0.4) is 0 Å². The van der Waals surface area contributed by atoms with E-state index >= 15 is 0 Å². The minimum absolute atomic E-state index is 0.136. The first-order valence-electron chi connectivity index (χ1n) is 8.22. The first-order chi connectivity index (χ1) is 12.3. The number of carbonyl (C=O) groups excluding carboxylic acids is 1. The van der Waals surface area contributed by atoms with Gasteiger partial charge in [0.2, 0.25) is 0 Å². The normalized spacial score (nSPS) is 17.9. The monoisotopic (exact) mass is 370 g/mol. The van der Waals surface area contributed by atoms with Gasteiger partial charge in [-0.2, -0.15) is 5.10 Å². The van der Waals surface area contributed by atoms with Gasteiger partial charge in [0.1, 0.15) is 0 Å². The maximum absolute atomic E-state index is 12.4. The Morgan fingerprint density at radius 1 is 0.960 bits per heavy atom. The van der Waals surface area contributed by atoms with E-state index in [1.165, 1.54) is 11.3 Å². The molecule has 1 aromatic carbocycles. The number of rotatable bonds is 2. The molecule has 4 rings (SSSR count). The largest absolute Gasteiger partial charge is 0.346 e. The van der Waals surface area contributed by atoms with Crippen LogP contribution < -0.4 is 0 Å². The Morgan fingerprint density at radius 2 is 1.76 bits per heavy atom. The predicted molar refractivity (Wildman–Crippen MR) is 105 cm³/mol. The van der Waals surface area contributed by atoms with Gasteiger partial charge < -0.3 is 9.80 Å². The van der Waals surface area contributed by atoms with E-state index in [0.29, 0.717) is 0 Å². The number of hydrogen-bond acceptors (Lipinski definition) is 6. The third-order valence-electron chi connectivity index (χ3n) is 4.27. The van der Waals surface area contributed by atoms with E-state index in [4.69, 9.17) is 0 Å². The van der Waals surface area contributed by atoms with Crippen molar-refractivity contribution in [3.05, 3.63) is 58.3 Å². The molecule has 5 nitrogen and oxygen atoms in total. The summed E-state index contributed by atoms with van der Waals surface area (Å²) < 4.78 is 0.